The molecule has 1 aromatic rings. The summed E-state index contributed by atoms with van der Waals surface area (Å²) in [6.07, 6.45) is 1.83. The van der Waals surface area contributed by atoms with E-state index in [1.165, 1.54) is 6.07 Å². The fourth-order valence-electron chi connectivity index (χ4n) is 2.33. The van der Waals surface area contributed by atoms with Crippen LogP contribution in [-0.4, -0.2) is 25.0 Å². The molecule has 1 aliphatic carbocycles. The third-order valence-electron chi connectivity index (χ3n) is 3.45. The molecular weight excluding hydrogens is 266 g/mol. The van der Waals surface area contributed by atoms with Gasteiger partial charge in [-0.25, -0.2) is 13.1 Å². The third kappa shape index (κ3) is 3.13. The summed E-state index contributed by atoms with van der Waals surface area (Å²) >= 11 is 0. The molecule has 0 radical (unpaired) electrons. The smallest absolute Gasteiger partial charge is 0.305 e. The van der Waals surface area contributed by atoms with E-state index in [1.807, 2.05) is 13.0 Å². The van der Waals surface area contributed by atoms with E-state index >= 15 is 0 Å². The number of nitrogens with one attached hydrogen (secondary N) is 1. The zero-order valence-electron chi connectivity index (χ0n) is 10.7. The van der Waals surface area contributed by atoms with Crippen LogP contribution in [0.15, 0.2) is 29.2 Å². The van der Waals surface area contributed by atoms with E-state index in [2.05, 4.69) is 4.72 Å². The first-order valence-corrected chi connectivity index (χ1v) is 7.64. The molecule has 0 heterocycles. The van der Waals surface area contributed by atoms with Crippen LogP contribution in [0.4, 0.5) is 0 Å². The standard InChI is InChI=1S/C13H17NO4S/c1-10-4-2-5-11(8-10)19(17,18)14-13(6-3-7-13)9-12(15)16/h2,4-5,8,14H,3,6-7,9H2,1H3,(H,15,16). The molecule has 0 amide bonds. The molecule has 19 heavy (non-hydrogen) atoms. The zero-order valence-corrected chi connectivity index (χ0v) is 11.5. The highest BCUT2D eigenvalue weighted by atomic mass is 32.2. The van der Waals surface area contributed by atoms with Gasteiger partial charge in [0.25, 0.3) is 0 Å². The topological polar surface area (TPSA) is 83.5 Å². The molecule has 0 bridgehead atoms. The Bertz CT molecular complexity index is 590. The normalized spacial score (nSPS) is 17.7. The summed E-state index contributed by atoms with van der Waals surface area (Å²) in [5.74, 6) is -0.980. The average Bonchev–Trinajstić information content (AvgIpc) is 2.25. The Kier molecular flexibility index (Phi) is 3.64. The zero-order chi connectivity index (χ0) is 14.1. The molecule has 2 N–H and O–H groups in total. The third-order valence-corrected chi connectivity index (χ3v) is 5.03. The molecule has 5 nitrogen and oxygen atoms in total. The Morgan fingerprint density at radius 2 is 2.11 bits per heavy atom. The van der Waals surface area contributed by atoms with Crippen LogP contribution in [0.3, 0.4) is 0 Å². The van der Waals surface area contributed by atoms with Crippen molar-refractivity contribution in [1.29, 1.82) is 0 Å². The summed E-state index contributed by atoms with van der Waals surface area (Å²) in [4.78, 5) is 11.0. The van der Waals surface area contributed by atoms with Crippen LogP contribution in [0.1, 0.15) is 31.2 Å². The minimum atomic E-state index is -3.66. The van der Waals surface area contributed by atoms with Crippen LogP contribution in [0, 0.1) is 6.92 Å². The van der Waals surface area contributed by atoms with Crippen LogP contribution in [0.5, 0.6) is 0 Å². The van der Waals surface area contributed by atoms with Gasteiger partial charge in [-0.05, 0) is 43.9 Å². The van der Waals surface area contributed by atoms with Gasteiger partial charge in [0, 0.05) is 5.54 Å². The van der Waals surface area contributed by atoms with Crippen molar-refractivity contribution in [2.45, 2.75) is 43.0 Å². The van der Waals surface area contributed by atoms with Crippen molar-refractivity contribution in [2.24, 2.45) is 0 Å². The number of aliphatic carboxylic acids is 1. The van der Waals surface area contributed by atoms with Crippen molar-refractivity contribution < 1.29 is 18.3 Å². The summed E-state index contributed by atoms with van der Waals surface area (Å²) in [7, 11) is -3.66. The molecule has 0 saturated heterocycles. The molecule has 1 saturated carbocycles. The van der Waals surface area contributed by atoms with E-state index in [-0.39, 0.29) is 11.3 Å². The number of carboxylic acid groups (broad SMARTS) is 1. The van der Waals surface area contributed by atoms with E-state index in [9.17, 15) is 13.2 Å². The van der Waals surface area contributed by atoms with E-state index in [0.717, 1.165) is 12.0 Å². The second-order valence-corrected chi connectivity index (χ2v) is 6.81. The highest BCUT2D eigenvalue weighted by Gasteiger charge is 2.42. The Balaban J connectivity index is 2.23. The average molecular weight is 283 g/mol. The summed E-state index contributed by atoms with van der Waals surface area (Å²) < 4.78 is 27.1. The maximum Gasteiger partial charge on any atom is 0.305 e. The second-order valence-electron chi connectivity index (χ2n) is 5.13. The Hall–Kier alpha value is -1.40. The van der Waals surface area contributed by atoms with Crippen LogP contribution in [0.25, 0.3) is 0 Å². The number of hydrogen-bond acceptors (Lipinski definition) is 3. The molecule has 1 aliphatic rings. The van der Waals surface area contributed by atoms with Crippen molar-refractivity contribution in [3.63, 3.8) is 0 Å². The van der Waals surface area contributed by atoms with Gasteiger partial charge in [0.2, 0.25) is 10.0 Å². The fourth-order valence-corrected chi connectivity index (χ4v) is 3.90. The van der Waals surface area contributed by atoms with Crippen LogP contribution in [-0.2, 0) is 14.8 Å². The largest absolute Gasteiger partial charge is 0.481 e. The van der Waals surface area contributed by atoms with E-state index in [4.69, 9.17) is 5.11 Å². The summed E-state index contributed by atoms with van der Waals surface area (Å²) in [5, 5.41) is 8.89. The lowest BCUT2D eigenvalue weighted by Gasteiger charge is -2.40. The molecule has 1 aromatic carbocycles. The lowest BCUT2D eigenvalue weighted by atomic mass is 9.75. The number of hydrogen-bond donors (Lipinski definition) is 2. The number of carboxylic acids is 1. The lowest BCUT2D eigenvalue weighted by Crippen LogP contribution is -2.54. The highest BCUT2D eigenvalue weighted by molar-refractivity contribution is 7.89. The first-order valence-electron chi connectivity index (χ1n) is 6.15. The van der Waals surface area contributed by atoms with Crippen molar-refractivity contribution in [3.05, 3.63) is 29.8 Å². The Morgan fingerprint density at radius 3 is 2.58 bits per heavy atom. The summed E-state index contributed by atoms with van der Waals surface area (Å²) in [6.45, 7) is 1.81. The molecular formula is C13H17NO4S. The number of rotatable bonds is 5. The molecule has 2 rings (SSSR count). The first-order chi connectivity index (χ1) is 8.83. The molecule has 0 aromatic heterocycles. The van der Waals surface area contributed by atoms with Crippen LogP contribution in [0.2, 0.25) is 0 Å². The summed E-state index contributed by atoms with van der Waals surface area (Å²) in [6, 6.07) is 6.59. The summed E-state index contributed by atoms with van der Waals surface area (Å²) in [5.41, 5.74) is 0.0396. The number of benzene rings is 1. The van der Waals surface area contributed by atoms with Crippen LogP contribution >= 0.6 is 0 Å². The predicted molar refractivity (Wildman–Crippen MR) is 70.3 cm³/mol. The van der Waals surface area contributed by atoms with Gasteiger partial charge in [0.15, 0.2) is 0 Å². The minimum absolute atomic E-state index is 0.169. The van der Waals surface area contributed by atoms with Crippen molar-refractivity contribution >= 4 is 16.0 Å². The maximum atomic E-state index is 12.3. The predicted octanol–water partition coefficient (Wildman–Crippen LogP) is 1.67. The number of aryl methyl sites for hydroxylation is 1. The Labute approximate surface area is 112 Å². The molecule has 104 valence electrons. The van der Waals surface area contributed by atoms with Crippen molar-refractivity contribution in [2.75, 3.05) is 0 Å². The second kappa shape index (κ2) is 4.94. The molecule has 1 fully saturated rings. The molecule has 6 heteroatoms. The van der Waals surface area contributed by atoms with Gasteiger partial charge < -0.3 is 5.11 Å². The van der Waals surface area contributed by atoms with Crippen LogP contribution < -0.4 is 4.72 Å². The SMILES string of the molecule is Cc1cccc(S(=O)(=O)NC2(CC(=O)O)CCC2)c1. The fraction of sp³-hybridized carbons (Fsp3) is 0.462. The molecule has 0 atom stereocenters. The van der Waals surface area contributed by atoms with Gasteiger partial charge in [-0.2, -0.15) is 0 Å². The van der Waals surface area contributed by atoms with Gasteiger partial charge in [0.05, 0.1) is 11.3 Å². The van der Waals surface area contributed by atoms with Gasteiger partial charge in [-0.1, -0.05) is 12.1 Å². The number of carbonyl (C=O) groups is 1. The van der Waals surface area contributed by atoms with Gasteiger partial charge >= 0.3 is 5.97 Å². The van der Waals surface area contributed by atoms with Crippen molar-refractivity contribution in [3.8, 4) is 0 Å². The van der Waals surface area contributed by atoms with Gasteiger partial charge in [0.1, 0.15) is 0 Å². The van der Waals surface area contributed by atoms with Gasteiger partial charge in [-0.3, -0.25) is 4.79 Å². The first kappa shape index (κ1) is 14.0. The monoisotopic (exact) mass is 283 g/mol. The van der Waals surface area contributed by atoms with E-state index < -0.39 is 21.5 Å². The number of sulfonamides is 1. The molecule has 0 aliphatic heterocycles. The van der Waals surface area contributed by atoms with E-state index in [0.29, 0.717) is 12.8 Å². The molecule has 0 unspecified atom stereocenters. The Morgan fingerprint density at radius 1 is 1.42 bits per heavy atom. The van der Waals surface area contributed by atoms with Gasteiger partial charge in [-0.15, -0.1) is 0 Å². The highest BCUT2D eigenvalue weighted by Crippen LogP contribution is 2.36. The maximum absolute atomic E-state index is 12.3. The quantitative estimate of drug-likeness (QED) is 0.861. The molecule has 0 spiro atoms. The van der Waals surface area contributed by atoms with E-state index in [1.54, 1.807) is 12.1 Å². The lowest BCUT2D eigenvalue weighted by molar-refractivity contribution is -0.139. The van der Waals surface area contributed by atoms with Crippen molar-refractivity contribution in [1.82, 2.24) is 4.72 Å². The minimum Gasteiger partial charge on any atom is -0.481 e.